The van der Waals surface area contributed by atoms with Gasteiger partial charge in [-0.15, -0.1) is 0 Å². The van der Waals surface area contributed by atoms with Gasteiger partial charge in [-0.05, 0) is 0 Å². The van der Waals surface area contributed by atoms with Crippen molar-refractivity contribution in [2.75, 3.05) is 20.2 Å². The third-order valence-corrected chi connectivity index (χ3v) is 1.61. The van der Waals surface area contributed by atoms with Crippen LogP contribution in [0.5, 0.6) is 0 Å². The lowest BCUT2D eigenvalue weighted by Gasteiger charge is -2.07. The molecule has 0 bridgehead atoms. The van der Waals surface area contributed by atoms with E-state index in [0.717, 1.165) is 4.90 Å². The minimum Gasteiger partial charge on any atom is -0.465 e. The summed E-state index contributed by atoms with van der Waals surface area (Å²) in [4.78, 5) is 15.9. The van der Waals surface area contributed by atoms with Crippen LogP contribution in [0.1, 0.15) is 0 Å². The standard InChI is InChI=1S/C6H10N2O4/c1-12-7-4-2-8(6(10)11)3-5(4)9/h5,9H,2-3H2,1H3,(H,10,11)/b7-4-/t5-/m0/s1. The van der Waals surface area contributed by atoms with Gasteiger partial charge in [0.1, 0.15) is 18.9 Å². The van der Waals surface area contributed by atoms with Crippen LogP contribution in [0.15, 0.2) is 5.16 Å². The van der Waals surface area contributed by atoms with Crippen LogP contribution in [0.3, 0.4) is 0 Å². The number of oxime groups is 1. The summed E-state index contributed by atoms with van der Waals surface area (Å²) in [6.45, 7) is 0.182. The summed E-state index contributed by atoms with van der Waals surface area (Å²) in [5.41, 5.74) is 0.347. The summed E-state index contributed by atoms with van der Waals surface area (Å²) in [5, 5.41) is 21.3. The third-order valence-electron chi connectivity index (χ3n) is 1.61. The van der Waals surface area contributed by atoms with Crippen molar-refractivity contribution in [1.82, 2.24) is 4.90 Å². The topological polar surface area (TPSA) is 82.4 Å². The van der Waals surface area contributed by atoms with Gasteiger partial charge in [-0.25, -0.2) is 4.79 Å². The highest BCUT2D eigenvalue weighted by molar-refractivity contribution is 5.94. The molecule has 1 aliphatic rings. The Kier molecular flexibility index (Phi) is 2.49. The van der Waals surface area contributed by atoms with Crippen LogP contribution in [-0.4, -0.2) is 53.2 Å². The van der Waals surface area contributed by atoms with E-state index >= 15 is 0 Å². The second-order valence-corrected chi connectivity index (χ2v) is 2.44. The maximum absolute atomic E-state index is 10.4. The fourth-order valence-corrected chi connectivity index (χ4v) is 1.03. The lowest BCUT2D eigenvalue weighted by molar-refractivity contribution is 0.142. The fourth-order valence-electron chi connectivity index (χ4n) is 1.03. The Morgan fingerprint density at radius 1 is 1.83 bits per heavy atom. The van der Waals surface area contributed by atoms with Crippen molar-refractivity contribution < 1.29 is 19.8 Å². The summed E-state index contributed by atoms with van der Waals surface area (Å²) in [5.74, 6) is 0. The van der Waals surface area contributed by atoms with E-state index in [9.17, 15) is 9.90 Å². The van der Waals surface area contributed by atoms with Gasteiger partial charge in [-0.1, -0.05) is 5.16 Å². The molecule has 0 aromatic rings. The molecule has 12 heavy (non-hydrogen) atoms. The van der Waals surface area contributed by atoms with Gasteiger partial charge in [0.2, 0.25) is 0 Å². The molecule has 1 heterocycles. The predicted octanol–water partition coefficient (Wildman–Crippen LogP) is -0.657. The number of rotatable bonds is 1. The number of hydrogen-bond donors (Lipinski definition) is 2. The molecule has 0 saturated carbocycles. The summed E-state index contributed by atoms with van der Waals surface area (Å²) >= 11 is 0. The molecule has 0 unspecified atom stereocenters. The Hall–Kier alpha value is -1.30. The molecular weight excluding hydrogens is 164 g/mol. The van der Waals surface area contributed by atoms with Gasteiger partial charge in [0.25, 0.3) is 0 Å². The minimum absolute atomic E-state index is 0.0670. The van der Waals surface area contributed by atoms with Crippen molar-refractivity contribution in [3.63, 3.8) is 0 Å². The molecule has 1 atom stereocenters. The van der Waals surface area contributed by atoms with Gasteiger partial charge >= 0.3 is 6.09 Å². The van der Waals surface area contributed by atoms with Crippen LogP contribution in [0.25, 0.3) is 0 Å². The summed E-state index contributed by atoms with van der Waals surface area (Å²) in [6, 6.07) is 0. The van der Waals surface area contributed by atoms with Crippen LogP contribution in [0.4, 0.5) is 4.79 Å². The van der Waals surface area contributed by atoms with Crippen LogP contribution in [0, 0.1) is 0 Å². The van der Waals surface area contributed by atoms with E-state index in [1.807, 2.05) is 0 Å². The molecule has 6 nitrogen and oxygen atoms in total. The maximum atomic E-state index is 10.4. The molecule has 1 rings (SSSR count). The van der Waals surface area contributed by atoms with Crippen molar-refractivity contribution in [2.24, 2.45) is 5.16 Å². The predicted molar refractivity (Wildman–Crippen MR) is 40.0 cm³/mol. The van der Waals surface area contributed by atoms with E-state index in [2.05, 4.69) is 9.99 Å². The highest BCUT2D eigenvalue weighted by Gasteiger charge is 2.30. The largest absolute Gasteiger partial charge is 0.465 e. The quantitative estimate of drug-likeness (QED) is 0.517. The van der Waals surface area contributed by atoms with Crippen LogP contribution >= 0.6 is 0 Å². The van der Waals surface area contributed by atoms with Crippen molar-refractivity contribution in [3.05, 3.63) is 0 Å². The molecule has 0 aromatic heterocycles. The van der Waals surface area contributed by atoms with Crippen LogP contribution < -0.4 is 0 Å². The molecule has 1 aliphatic heterocycles. The zero-order valence-electron chi connectivity index (χ0n) is 6.60. The number of aliphatic hydroxyl groups is 1. The fraction of sp³-hybridized carbons (Fsp3) is 0.667. The number of nitrogens with zero attached hydrogens (tertiary/aromatic N) is 2. The molecule has 68 valence electrons. The lowest BCUT2D eigenvalue weighted by Crippen LogP contribution is -2.27. The number of carboxylic acid groups (broad SMARTS) is 1. The zero-order valence-corrected chi connectivity index (χ0v) is 6.60. The second-order valence-electron chi connectivity index (χ2n) is 2.44. The Labute approximate surface area is 69.0 Å². The Balaban J connectivity index is 2.62. The smallest absolute Gasteiger partial charge is 0.407 e. The first-order valence-electron chi connectivity index (χ1n) is 3.41. The molecule has 1 fully saturated rings. The van der Waals surface area contributed by atoms with E-state index in [4.69, 9.17) is 5.11 Å². The number of β-amino-alcohol motifs (C(OH)–C–C–N with tert-alkyl or cyclic N) is 1. The molecule has 1 amide bonds. The molecule has 2 N–H and O–H groups in total. The van der Waals surface area contributed by atoms with Crippen molar-refractivity contribution in [2.45, 2.75) is 6.10 Å². The average Bonchev–Trinajstić information content (AvgIpc) is 2.34. The molecule has 0 spiro atoms. The number of aliphatic hydroxyl groups excluding tert-OH is 1. The first kappa shape index (κ1) is 8.79. The van der Waals surface area contributed by atoms with Crippen molar-refractivity contribution in [1.29, 1.82) is 0 Å². The van der Waals surface area contributed by atoms with Crippen molar-refractivity contribution in [3.8, 4) is 0 Å². The van der Waals surface area contributed by atoms with E-state index in [1.54, 1.807) is 0 Å². The molecule has 6 heteroatoms. The Bertz CT molecular complexity index is 216. The normalized spacial score (nSPS) is 26.3. The average molecular weight is 174 g/mol. The molecule has 0 radical (unpaired) electrons. The number of carbonyl (C=O) groups is 1. The van der Waals surface area contributed by atoms with Gasteiger partial charge < -0.3 is 15.1 Å². The zero-order chi connectivity index (χ0) is 9.14. The van der Waals surface area contributed by atoms with E-state index in [-0.39, 0.29) is 13.1 Å². The van der Waals surface area contributed by atoms with Gasteiger partial charge in [-0.2, -0.15) is 0 Å². The van der Waals surface area contributed by atoms with E-state index in [1.165, 1.54) is 7.11 Å². The third kappa shape index (κ3) is 1.65. The first-order valence-corrected chi connectivity index (χ1v) is 3.41. The molecule has 0 aliphatic carbocycles. The van der Waals surface area contributed by atoms with Gasteiger partial charge in [0.05, 0.1) is 13.1 Å². The van der Waals surface area contributed by atoms with Crippen molar-refractivity contribution >= 4 is 11.8 Å². The summed E-state index contributed by atoms with van der Waals surface area (Å²) in [6.07, 6.45) is -1.89. The summed E-state index contributed by atoms with van der Waals surface area (Å²) in [7, 11) is 1.35. The Morgan fingerprint density at radius 2 is 2.50 bits per heavy atom. The molecule has 0 aromatic carbocycles. The molecular formula is C6H10N2O4. The number of likely N-dealkylation sites (tertiary alicyclic amines) is 1. The van der Waals surface area contributed by atoms with Crippen LogP contribution in [-0.2, 0) is 4.84 Å². The highest BCUT2D eigenvalue weighted by atomic mass is 16.6. The van der Waals surface area contributed by atoms with Gasteiger partial charge in [-0.3, -0.25) is 4.90 Å². The first-order chi connectivity index (χ1) is 5.65. The number of hydrogen-bond acceptors (Lipinski definition) is 4. The van der Waals surface area contributed by atoms with E-state index in [0.29, 0.717) is 5.71 Å². The second kappa shape index (κ2) is 3.40. The lowest BCUT2D eigenvalue weighted by atomic mass is 10.3. The highest BCUT2D eigenvalue weighted by Crippen LogP contribution is 2.07. The molecule has 1 saturated heterocycles. The number of amides is 1. The van der Waals surface area contributed by atoms with Gasteiger partial charge in [0, 0.05) is 0 Å². The van der Waals surface area contributed by atoms with E-state index < -0.39 is 12.2 Å². The Morgan fingerprint density at radius 3 is 2.92 bits per heavy atom. The monoisotopic (exact) mass is 174 g/mol. The minimum atomic E-state index is -1.06. The van der Waals surface area contributed by atoms with Gasteiger partial charge in [0.15, 0.2) is 0 Å². The SMILES string of the molecule is CO/N=C1/CN(C(=O)O)C[C@@H]1O. The van der Waals surface area contributed by atoms with Crippen LogP contribution in [0.2, 0.25) is 0 Å². The summed E-state index contributed by atoms with van der Waals surface area (Å²) < 4.78 is 0. The maximum Gasteiger partial charge on any atom is 0.407 e.